The summed E-state index contributed by atoms with van der Waals surface area (Å²) in [6.07, 6.45) is -2.26. The van der Waals surface area contributed by atoms with Gasteiger partial charge in [0.2, 0.25) is 5.95 Å². The van der Waals surface area contributed by atoms with E-state index in [1.165, 1.54) is 11.1 Å². The van der Waals surface area contributed by atoms with E-state index in [4.69, 9.17) is 4.52 Å². The van der Waals surface area contributed by atoms with Gasteiger partial charge >= 0.3 is 12.3 Å². The fourth-order valence-electron chi connectivity index (χ4n) is 4.75. The number of pyridine rings is 1. The van der Waals surface area contributed by atoms with Crippen molar-refractivity contribution in [1.29, 1.82) is 0 Å². The summed E-state index contributed by atoms with van der Waals surface area (Å²) in [5.41, 5.74) is 1.27. The minimum atomic E-state index is -4.69. The highest BCUT2D eigenvalue weighted by Crippen LogP contribution is 2.39. The predicted octanol–water partition coefficient (Wildman–Crippen LogP) is 5.25. The number of aromatic amines is 1. The average molecular weight is 515 g/mol. The SMILES string of the molecule is CCN(C(=O)O)[C@H]1CC[C@@H]1Nc1ncc(C(F)(F)F)c(-c2c[nH]c3nc(-c4c(C)noc4C)ccc23)n1. The minimum absolute atomic E-state index is 0.00575. The largest absolute Gasteiger partial charge is 0.465 e. The van der Waals surface area contributed by atoms with Crippen LogP contribution in [0.4, 0.5) is 23.9 Å². The normalized spacial score (nSPS) is 17.6. The first-order valence-electron chi connectivity index (χ1n) is 11.7. The Bertz CT molecular complexity index is 1460. The Hall–Kier alpha value is -4.16. The van der Waals surface area contributed by atoms with Crippen molar-refractivity contribution in [2.24, 2.45) is 0 Å². The molecule has 0 unspecified atom stereocenters. The number of nitrogens with zero attached hydrogens (tertiary/aromatic N) is 5. The molecule has 4 aromatic heterocycles. The van der Waals surface area contributed by atoms with Gasteiger partial charge in [-0.1, -0.05) is 5.16 Å². The van der Waals surface area contributed by atoms with E-state index in [1.807, 2.05) is 0 Å². The fraction of sp³-hybridized carbons (Fsp3) is 0.375. The van der Waals surface area contributed by atoms with Crippen molar-refractivity contribution >= 4 is 23.1 Å². The molecule has 13 heteroatoms. The Labute approximate surface area is 208 Å². The number of aromatic nitrogens is 5. The van der Waals surface area contributed by atoms with Gasteiger partial charge < -0.3 is 24.8 Å². The number of hydrogen-bond donors (Lipinski definition) is 3. The van der Waals surface area contributed by atoms with Gasteiger partial charge in [0.05, 0.1) is 28.7 Å². The van der Waals surface area contributed by atoms with Crippen LogP contribution >= 0.6 is 0 Å². The molecule has 5 rings (SSSR count). The summed E-state index contributed by atoms with van der Waals surface area (Å²) < 4.78 is 47.0. The lowest BCUT2D eigenvalue weighted by molar-refractivity contribution is -0.137. The smallest absolute Gasteiger partial charge is 0.419 e. The standard InChI is InChI=1S/C24H24F3N7O3/c1-4-34(23(35)36)18-8-7-16(18)31-22-29-10-15(24(25,26)27)20(32-22)14-9-28-21-13(14)5-6-17(30-21)19-11(2)33-37-12(19)3/h5-6,9-10,16,18H,4,7-8H2,1-3H3,(H,28,30)(H,35,36)(H,29,31,32)/t16-,18-/m0/s1. The van der Waals surface area contributed by atoms with Crippen LogP contribution in [0.25, 0.3) is 33.5 Å². The molecule has 0 bridgehead atoms. The Morgan fingerprint density at radius 3 is 2.65 bits per heavy atom. The number of carbonyl (C=O) groups is 1. The monoisotopic (exact) mass is 515 g/mol. The van der Waals surface area contributed by atoms with E-state index in [2.05, 4.69) is 30.4 Å². The van der Waals surface area contributed by atoms with E-state index >= 15 is 0 Å². The maximum Gasteiger partial charge on any atom is 0.419 e. The molecule has 194 valence electrons. The van der Waals surface area contributed by atoms with Crippen LogP contribution in [0.15, 0.2) is 29.0 Å². The summed E-state index contributed by atoms with van der Waals surface area (Å²) in [5.74, 6) is 0.578. The molecule has 1 amide bonds. The molecule has 0 saturated heterocycles. The summed E-state index contributed by atoms with van der Waals surface area (Å²) >= 11 is 0. The molecular weight excluding hydrogens is 491 g/mol. The summed E-state index contributed by atoms with van der Waals surface area (Å²) in [4.78, 5) is 28.5. The van der Waals surface area contributed by atoms with Crippen LogP contribution in [0.3, 0.4) is 0 Å². The van der Waals surface area contributed by atoms with Crippen LogP contribution in [0, 0.1) is 13.8 Å². The molecular formula is C24H24F3N7O3. The Kier molecular flexibility index (Phi) is 6.00. The number of fused-ring (bicyclic) bond motifs is 1. The molecule has 2 atom stereocenters. The van der Waals surface area contributed by atoms with Gasteiger partial charge in [-0.05, 0) is 45.7 Å². The molecule has 0 aliphatic heterocycles. The summed E-state index contributed by atoms with van der Waals surface area (Å²) in [6, 6.07) is 2.77. The van der Waals surface area contributed by atoms with E-state index < -0.39 is 17.8 Å². The quantitative estimate of drug-likeness (QED) is 0.317. The molecule has 1 fully saturated rings. The van der Waals surface area contributed by atoms with Gasteiger partial charge in [0.15, 0.2) is 0 Å². The van der Waals surface area contributed by atoms with Crippen molar-refractivity contribution < 1.29 is 27.6 Å². The van der Waals surface area contributed by atoms with Crippen LogP contribution in [-0.2, 0) is 6.18 Å². The highest BCUT2D eigenvalue weighted by molar-refractivity contribution is 5.94. The van der Waals surface area contributed by atoms with Crippen molar-refractivity contribution in [3.63, 3.8) is 0 Å². The number of halogens is 3. The molecule has 0 radical (unpaired) electrons. The first-order valence-corrected chi connectivity index (χ1v) is 11.7. The first-order chi connectivity index (χ1) is 17.6. The van der Waals surface area contributed by atoms with Gasteiger partial charge in [-0.25, -0.2) is 19.7 Å². The molecule has 0 aromatic carbocycles. The van der Waals surface area contributed by atoms with Crippen LogP contribution < -0.4 is 5.32 Å². The predicted molar refractivity (Wildman–Crippen MR) is 128 cm³/mol. The van der Waals surface area contributed by atoms with Gasteiger partial charge in [-0.3, -0.25) is 0 Å². The average Bonchev–Trinajstić information content (AvgIpc) is 3.41. The lowest BCUT2D eigenvalue weighted by atomic mass is 9.85. The second-order valence-corrected chi connectivity index (χ2v) is 8.91. The number of likely N-dealkylation sites (N-methyl/N-ethyl adjacent to an activating group) is 1. The molecule has 37 heavy (non-hydrogen) atoms. The number of rotatable bonds is 6. The first kappa shape index (κ1) is 24.5. The number of aryl methyl sites for hydroxylation is 2. The number of carboxylic acid groups (broad SMARTS) is 1. The summed E-state index contributed by atoms with van der Waals surface area (Å²) in [6.45, 7) is 5.58. The lowest BCUT2D eigenvalue weighted by Gasteiger charge is -2.42. The van der Waals surface area contributed by atoms with Gasteiger partial charge in [0.25, 0.3) is 0 Å². The van der Waals surface area contributed by atoms with Gasteiger partial charge in [-0.15, -0.1) is 0 Å². The number of amides is 1. The molecule has 1 saturated carbocycles. The molecule has 1 aliphatic carbocycles. The molecule has 10 nitrogen and oxygen atoms in total. The van der Waals surface area contributed by atoms with Crippen molar-refractivity contribution in [2.75, 3.05) is 11.9 Å². The molecule has 4 aromatic rings. The lowest BCUT2D eigenvalue weighted by Crippen LogP contribution is -2.55. The highest BCUT2D eigenvalue weighted by Gasteiger charge is 2.39. The van der Waals surface area contributed by atoms with Crippen molar-refractivity contribution in [3.8, 4) is 22.5 Å². The fourth-order valence-corrected chi connectivity index (χ4v) is 4.75. The highest BCUT2D eigenvalue weighted by atomic mass is 19.4. The van der Waals surface area contributed by atoms with Crippen LogP contribution in [-0.4, -0.2) is 59.8 Å². The van der Waals surface area contributed by atoms with E-state index in [-0.39, 0.29) is 29.3 Å². The maximum absolute atomic E-state index is 13.9. The number of nitrogens with one attached hydrogen (secondary N) is 2. The number of alkyl halides is 3. The second-order valence-electron chi connectivity index (χ2n) is 8.91. The zero-order valence-corrected chi connectivity index (χ0v) is 20.2. The third-order valence-corrected chi connectivity index (χ3v) is 6.72. The van der Waals surface area contributed by atoms with Crippen molar-refractivity contribution in [2.45, 2.75) is 51.9 Å². The van der Waals surface area contributed by atoms with E-state index in [0.717, 1.165) is 11.8 Å². The van der Waals surface area contributed by atoms with E-state index in [0.29, 0.717) is 47.6 Å². The Morgan fingerprint density at radius 2 is 2.05 bits per heavy atom. The Balaban J connectivity index is 1.53. The molecule has 4 heterocycles. The third kappa shape index (κ3) is 4.34. The zero-order chi connectivity index (χ0) is 26.5. The van der Waals surface area contributed by atoms with Crippen LogP contribution in [0.5, 0.6) is 0 Å². The Morgan fingerprint density at radius 1 is 1.27 bits per heavy atom. The molecule has 0 spiro atoms. The zero-order valence-electron chi connectivity index (χ0n) is 20.2. The number of hydrogen-bond acceptors (Lipinski definition) is 7. The van der Waals surface area contributed by atoms with Crippen LogP contribution in [0.1, 0.15) is 36.8 Å². The number of H-pyrrole nitrogens is 1. The van der Waals surface area contributed by atoms with E-state index in [9.17, 15) is 23.1 Å². The van der Waals surface area contributed by atoms with E-state index in [1.54, 1.807) is 32.9 Å². The minimum Gasteiger partial charge on any atom is -0.465 e. The maximum atomic E-state index is 13.9. The topological polar surface area (TPSA) is 133 Å². The van der Waals surface area contributed by atoms with Crippen LogP contribution in [0.2, 0.25) is 0 Å². The third-order valence-electron chi connectivity index (χ3n) is 6.72. The molecule has 1 aliphatic rings. The van der Waals surface area contributed by atoms with Gasteiger partial charge in [0, 0.05) is 35.9 Å². The second kappa shape index (κ2) is 9.05. The van der Waals surface area contributed by atoms with Crippen molar-refractivity contribution in [1.82, 2.24) is 30.0 Å². The molecule has 3 N–H and O–H groups in total. The van der Waals surface area contributed by atoms with Gasteiger partial charge in [0.1, 0.15) is 17.0 Å². The summed E-state index contributed by atoms with van der Waals surface area (Å²) in [7, 11) is 0. The summed E-state index contributed by atoms with van der Waals surface area (Å²) in [5, 5.41) is 16.8. The van der Waals surface area contributed by atoms with Gasteiger partial charge in [-0.2, -0.15) is 13.2 Å². The number of anilines is 1. The van der Waals surface area contributed by atoms with Crippen molar-refractivity contribution in [3.05, 3.63) is 41.5 Å².